The van der Waals surface area contributed by atoms with Crippen molar-refractivity contribution in [2.75, 3.05) is 7.11 Å². The summed E-state index contributed by atoms with van der Waals surface area (Å²) in [7, 11) is 1.54. The van der Waals surface area contributed by atoms with Gasteiger partial charge >= 0.3 is 0 Å². The van der Waals surface area contributed by atoms with Gasteiger partial charge in [0.05, 0.1) is 18.7 Å². The average Bonchev–Trinajstić information content (AvgIpc) is 3.00. The molecule has 2 rings (SSSR count). The lowest BCUT2D eigenvalue weighted by atomic mass is 10.1. The molecule has 0 fully saturated rings. The molecule has 1 aromatic carbocycles. The Balaban J connectivity index is 0.00000242. The molecule has 1 aromatic heterocycles. The fraction of sp³-hybridized carbons (Fsp3) is 0.312. The molecule has 1 atom stereocenters. The van der Waals surface area contributed by atoms with Crippen molar-refractivity contribution in [3.8, 4) is 5.75 Å². The van der Waals surface area contributed by atoms with Gasteiger partial charge in [0, 0.05) is 16.9 Å². The minimum absolute atomic E-state index is 0. The Kier molecular flexibility index (Phi) is 6.78. The summed E-state index contributed by atoms with van der Waals surface area (Å²) in [6.07, 6.45) is 2.63. The van der Waals surface area contributed by atoms with Crippen LogP contribution < -0.4 is 10.1 Å². The van der Waals surface area contributed by atoms with E-state index in [4.69, 9.17) is 16.3 Å². The number of carbonyl (C=O) groups excluding carboxylic acids is 1. The number of nitrogens with one attached hydrogen (secondary N) is 2. The van der Waals surface area contributed by atoms with Crippen molar-refractivity contribution in [2.24, 2.45) is 0 Å². The van der Waals surface area contributed by atoms with Crippen molar-refractivity contribution in [3.05, 3.63) is 52.3 Å². The molecule has 0 aliphatic carbocycles. The minimum Gasteiger partial charge on any atom is -0.496 e. The highest BCUT2D eigenvalue weighted by Gasteiger charge is 2.19. The van der Waals surface area contributed by atoms with Crippen LogP contribution >= 0.6 is 24.0 Å². The number of hydrogen-bond acceptors (Lipinski definition) is 2. The quantitative estimate of drug-likeness (QED) is 0.851. The van der Waals surface area contributed by atoms with Crippen LogP contribution in [0.3, 0.4) is 0 Å². The van der Waals surface area contributed by atoms with E-state index in [1.54, 1.807) is 19.2 Å². The van der Waals surface area contributed by atoms with E-state index in [0.717, 1.165) is 17.7 Å². The Hall–Kier alpha value is -1.65. The van der Waals surface area contributed by atoms with Crippen molar-refractivity contribution in [2.45, 2.75) is 26.3 Å². The number of halogens is 2. The zero-order valence-corrected chi connectivity index (χ0v) is 14.3. The maximum absolute atomic E-state index is 12.5. The van der Waals surface area contributed by atoms with Crippen molar-refractivity contribution < 1.29 is 9.53 Å². The third-order valence-corrected chi connectivity index (χ3v) is 3.84. The number of benzene rings is 1. The second kappa shape index (κ2) is 8.11. The predicted octanol–water partition coefficient (Wildman–Crippen LogP) is 4.29. The molecule has 2 N–H and O–H groups in total. The van der Waals surface area contributed by atoms with Gasteiger partial charge in [0.15, 0.2) is 0 Å². The number of rotatable bonds is 5. The smallest absolute Gasteiger partial charge is 0.255 e. The van der Waals surface area contributed by atoms with E-state index in [0.29, 0.717) is 16.3 Å². The summed E-state index contributed by atoms with van der Waals surface area (Å²) in [5, 5.41) is 3.55. The van der Waals surface area contributed by atoms with Gasteiger partial charge in [-0.1, -0.05) is 18.5 Å². The molecule has 0 spiro atoms. The lowest BCUT2D eigenvalue weighted by molar-refractivity contribution is 0.0931. The van der Waals surface area contributed by atoms with Crippen LogP contribution in [0.15, 0.2) is 30.5 Å². The molecule has 0 saturated heterocycles. The monoisotopic (exact) mass is 342 g/mol. The molecular formula is C16H20Cl2N2O2. The van der Waals surface area contributed by atoms with E-state index in [1.165, 1.54) is 0 Å². The first-order valence-electron chi connectivity index (χ1n) is 6.85. The van der Waals surface area contributed by atoms with Crippen LogP contribution in [0.5, 0.6) is 5.75 Å². The first-order valence-corrected chi connectivity index (χ1v) is 7.22. The molecule has 0 bridgehead atoms. The Morgan fingerprint density at radius 3 is 2.73 bits per heavy atom. The number of methoxy groups -OCH3 is 1. The zero-order valence-electron chi connectivity index (χ0n) is 12.8. The van der Waals surface area contributed by atoms with E-state index >= 15 is 0 Å². The topological polar surface area (TPSA) is 54.1 Å². The van der Waals surface area contributed by atoms with Gasteiger partial charge in [-0.05, 0) is 43.2 Å². The number of carbonyl (C=O) groups is 1. The largest absolute Gasteiger partial charge is 0.496 e. The standard InChI is InChI=1S/C16H19ClN2O2.ClH/c1-4-13(14-6-5-7-18-14)19-16(20)11-9-12(17)10(2)8-15(11)21-3;/h5-9,13,18H,4H2,1-3H3,(H,19,20);1H. The van der Waals surface area contributed by atoms with Gasteiger partial charge in [-0.25, -0.2) is 0 Å². The lowest BCUT2D eigenvalue weighted by Crippen LogP contribution is -2.28. The maximum Gasteiger partial charge on any atom is 0.255 e. The fourth-order valence-corrected chi connectivity index (χ4v) is 2.36. The molecule has 22 heavy (non-hydrogen) atoms. The fourth-order valence-electron chi connectivity index (χ4n) is 2.20. The van der Waals surface area contributed by atoms with Crippen LogP contribution in [0.2, 0.25) is 5.02 Å². The second-order valence-electron chi connectivity index (χ2n) is 4.86. The second-order valence-corrected chi connectivity index (χ2v) is 5.27. The van der Waals surface area contributed by atoms with Crippen LogP contribution in [-0.2, 0) is 0 Å². The van der Waals surface area contributed by atoms with Gasteiger partial charge in [0.2, 0.25) is 0 Å². The first-order chi connectivity index (χ1) is 10.1. The summed E-state index contributed by atoms with van der Waals surface area (Å²) in [5.41, 5.74) is 2.29. The molecular weight excluding hydrogens is 323 g/mol. The summed E-state index contributed by atoms with van der Waals surface area (Å²) in [6.45, 7) is 3.89. The highest BCUT2D eigenvalue weighted by molar-refractivity contribution is 6.31. The highest BCUT2D eigenvalue weighted by Crippen LogP contribution is 2.27. The summed E-state index contributed by atoms with van der Waals surface area (Å²) in [6, 6.07) is 7.21. The Morgan fingerprint density at radius 1 is 1.45 bits per heavy atom. The Bertz CT molecular complexity index is 627. The zero-order chi connectivity index (χ0) is 15.4. The molecule has 120 valence electrons. The SMILES string of the molecule is CCC(NC(=O)c1cc(Cl)c(C)cc1OC)c1ccc[nH]1.Cl. The predicted molar refractivity (Wildman–Crippen MR) is 91.3 cm³/mol. The molecule has 0 saturated carbocycles. The van der Waals surface area contributed by atoms with Crippen molar-refractivity contribution >= 4 is 29.9 Å². The Morgan fingerprint density at radius 2 is 2.18 bits per heavy atom. The van der Waals surface area contributed by atoms with E-state index in [9.17, 15) is 4.79 Å². The molecule has 0 aliphatic rings. The van der Waals surface area contributed by atoms with E-state index in [2.05, 4.69) is 10.3 Å². The van der Waals surface area contributed by atoms with Crippen LogP contribution in [0.4, 0.5) is 0 Å². The molecule has 1 amide bonds. The first kappa shape index (κ1) is 18.4. The number of aromatic amines is 1. The summed E-state index contributed by atoms with van der Waals surface area (Å²) in [5.74, 6) is 0.325. The van der Waals surface area contributed by atoms with Crippen LogP contribution in [0.25, 0.3) is 0 Å². The van der Waals surface area contributed by atoms with Crippen molar-refractivity contribution in [1.82, 2.24) is 10.3 Å². The van der Waals surface area contributed by atoms with Crippen LogP contribution in [0, 0.1) is 6.92 Å². The third kappa shape index (κ3) is 3.96. The number of aromatic nitrogens is 1. The van der Waals surface area contributed by atoms with E-state index in [-0.39, 0.29) is 24.4 Å². The van der Waals surface area contributed by atoms with Gasteiger partial charge < -0.3 is 15.0 Å². The van der Waals surface area contributed by atoms with Crippen LogP contribution in [0.1, 0.15) is 41.0 Å². The van der Waals surface area contributed by atoms with E-state index < -0.39 is 0 Å². The minimum atomic E-state index is -0.199. The summed E-state index contributed by atoms with van der Waals surface area (Å²) < 4.78 is 5.28. The van der Waals surface area contributed by atoms with Gasteiger partial charge in [-0.15, -0.1) is 12.4 Å². The molecule has 1 unspecified atom stereocenters. The number of amides is 1. The number of aryl methyl sites for hydroxylation is 1. The van der Waals surface area contributed by atoms with Gasteiger partial charge in [0.25, 0.3) is 5.91 Å². The van der Waals surface area contributed by atoms with Crippen molar-refractivity contribution in [1.29, 1.82) is 0 Å². The average molecular weight is 343 g/mol. The normalized spacial score (nSPS) is 11.5. The Labute approximate surface area is 141 Å². The van der Waals surface area contributed by atoms with Gasteiger partial charge in [0.1, 0.15) is 5.75 Å². The molecule has 0 aliphatic heterocycles. The maximum atomic E-state index is 12.5. The molecule has 2 aromatic rings. The summed E-state index contributed by atoms with van der Waals surface area (Å²) >= 11 is 6.12. The number of hydrogen-bond donors (Lipinski definition) is 2. The summed E-state index contributed by atoms with van der Waals surface area (Å²) in [4.78, 5) is 15.6. The number of ether oxygens (including phenoxy) is 1. The van der Waals surface area contributed by atoms with Crippen molar-refractivity contribution in [3.63, 3.8) is 0 Å². The molecule has 1 heterocycles. The number of H-pyrrole nitrogens is 1. The van der Waals surface area contributed by atoms with Crippen LogP contribution in [-0.4, -0.2) is 18.0 Å². The van der Waals surface area contributed by atoms with Gasteiger partial charge in [-0.3, -0.25) is 4.79 Å². The lowest BCUT2D eigenvalue weighted by Gasteiger charge is -2.17. The van der Waals surface area contributed by atoms with Gasteiger partial charge in [-0.2, -0.15) is 0 Å². The molecule has 4 nitrogen and oxygen atoms in total. The molecule has 0 radical (unpaired) electrons. The third-order valence-electron chi connectivity index (χ3n) is 3.44. The molecule has 6 heteroatoms. The highest BCUT2D eigenvalue weighted by atomic mass is 35.5. The van der Waals surface area contributed by atoms with E-state index in [1.807, 2.05) is 32.2 Å².